The van der Waals surface area contributed by atoms with Crippen LogP contribution in [0.3, 0.4) is 0 Å². The molecule has 2 unspecified atom stereocenters. The van der Waals surface area contributed by atoms with Gasteiger partial charge in [0.25, 0.3) is 0 Å². The molecule has 0 saturated heterocycles. The summed E-state index contributed by atoms with van der Waals surface area (Å²) in [4.78, 5) is 1.51. The highest BCUT2D eigenvalue weighted by molar-refractivity contribution is 9.10. The Labute approximate surface area is 67.3 Å². The van der Waals surface area contributed by atoms with Gasteiger partial charge in [-0.1, -0.05) is 38.8 Å². The van der Waals surface area contributed by atoms with E-state index >= 15 is 0 Å². The molecule has 0 radical (unpaired) electrons. The van der Waals surface area contributed by atoms with Gasteiger partial charge >= 0.3 is 0 Å². The van der Waals surface area contributed by atoms with Crippen molar-refractivity contribution in [2.45, 2.75) is 29.4 Å². The van der Waals surface area contributed by atoms with Gasteiger partial charge in [-0.05, 0) is 18.8 Å². The van der Waals surface area contributed by atoms with Crippen molar-refractivity contribution in [1.29, 1.82) is 0 Å². The molecule has 0 aromatic carbocycles. The second-order valence-electron chi connectivity index (χ2n) is 2.47. The summed E-state index contributed by atoms with van der Waals surface area (Å²) >= 11 is 7.23. The quantitative estimate of drug-likeness (QED) is 0.573. The van der Waals surface area contributed by atoms with Crippen LogP contribution in [0.2, 0.25) is 0 Å². The maximum Gasteiger partial charge on any atom is 0.0182 e. The maximum atomic E-state index is 3.61. The van der Waals surface area contributed by atoms with Crippen molar-refractivity contribution >= 4 is 31.9 Å². The Bertz CT molecular complexity index is 72.6. The molecule has 0 aliphatic heterocycles. The fraction of sp³-hybridized carbons (Fsp3) is 1.00. The molecule has 0 spiro atoms. The van der Waals surface area contributed by atoms with Crippen molar-refractivity contribution in [3.63, 3.8) is 0 Å². The number of hydrogen-bond acceptors (Lipinski definition) is 0. The monoisotopic (exact) mass is 240 g/mol. The van der Waals surface area contributed by atoms with E-state index < -0.39 is 0 Å². The summed E-state index contributed by atoms with van der Waals surface area (Å²) in [7, 11) is 0. The maximum absolute atomic E-state index is 3.61. The molecular formula is C6H10Br2. The average Bonchev–Trinajstić information content (AvgIpc) is 1.98. The van der Waals surface area contributed by atoms with Crippen LogP contribution in [0.5, 0.6) is 0 Å². The van der Waals surface area contributed by atoms with E-state index in [1.807, 2.05) is 0 Å². The normalized spacial score (nSPS) is 47.6. The highest BCUT2D eigenvalue weighted by atomic mass is 79.9. The number of alkyl halides is 2. The molecule has 0 amide bonds. The number of hydrogen-bond donors (Lipinski definition) is 0. The van der Waals surface area contributed by atoms with Gasteiger partial charge < -0.3 is 0 Å². The topological polar surface area (TPSA) is 0 Å². The van der Waals surface area contributed by atoms with E-state index in [1.54, 1.807) is 0 Å². The van der Waals surface area contributed by atoms with Crippen molar-refractivity contribution in [3.8, 4) is 0 Å². The number of rotatable bonds is 0. The van der Waals surface area contributed by atoms with Gasteiger partial charge in [-0.2, -0.15) is 0 Å². The zero-order valence-electron chi connectivity index (χ0n) is 4.90. The Hall–Kier alpha value is 0.960. The molecule has 0 aromatic rings. The van der Waals surface area contributed by atoms with Gasteiger partial charge in [0, 0.05) is 9.65 Å². The van der Waals surface area contributed by atoms with Gasteiger partial charge in [0.05, 0.1) is 0 Å². The third-order valence-electron chi connectivity index (χ3n) is 1.86. The zero-order chi connectivity index (χ0) is 6.15. The summed E-state index contributed by atoms with van der Waals surface area (Å²) in [5, 5.41) is 0. The van der Waals surface area contributed by atoms with Gasteiger partial charge in [-0.3, -0.25) is 0 Å². The summed E-state index contributed by atoms with van der Waals surface area (Å²) in [6.07, 6.45) is 2.66. The molecule has 2 atom stereocenters. The fourth-order valence-electron chi connectivity index (χ4n) is 1.07. The fourth-order valence-corrected chi connectivity index (χ4v) is 2.75. The lowest BCUT2D eigenvalue weighted by molar-refractivity contribution is 0.651. The molecule has 1 aliphatic carbocycles. The minimum absolute atomic E-state index is 0.756. The Morgan fingerprint density at radius 1 is 1.12 bits per heavy atom. The van der Waals surface area contributed by atoms with Crippen LogP contribution in [0.15, 0.2) is 0 Å². The van der Waals surface area contributed by atoms with Gasteiger partial charge in [-0.25, -0.2) is 0 Å². The number of halogens is 2. The van der Waals surface area contributed by atoms with Crippen LogP contribution >= 0.6 is 31.9 Å². The predicted molar refractivity (Wildman–Crippen MR) is 43.8 cm³/mol. The highest BCUT2D eigenvalue weighted by Gasteiger charge is 2.28. The van der Waals surface area contributed by atoms with E-state index in [1.165, 1.54) is 12.8 Å². The molecule has 0 heterocycles. The minimum atomic E-state index is 0.756. The largest absolute Gasteiger partial charge is 0.0887 e. The summed E-state index contributed by atoms with van der Waals surface area (Å²) < 4.78 is 0. The second kappa shape index (κ2) is 2.70. The summed E-state index contributed by atoms with van der Waals surface area (Å²) in [6.45, 7) is 2.28. The first kappa shape index (κ1) is 7.07. The van der Waals surface area contributed by atoms with E-state index in [-0.39, 0.29) is 0 Å². The van der Waals surface area contributed by atoms with E-state index in [4.69, 9.17) is 0 Å². The standard InChI is InChI=1S/C6H10Br2/c1-4-5(7)2-3-6(4)8/h4-6H,2-3H2,1H3. The first-order valence-electron chi connectivity index (χ1n) is 3.00. The SMILES string of the molecule is CC1C(Br)CCC1Br. The van der Waals surface area contributed by atoms with Gasteiger partial charge in [0.1, 0.15) is 0 Å². The third-order valence-corrected chi connectivity index (χ3v) is 4.44. The first-order valence-corrected chi connectivity index (χ1v) is 4.83. The first-order chi connectivity index (χ1) is 3.72. The molecule has 0 aromatic heterocycles. The molecule has 0 bridgehead atoms. The lowest BCUT2D eigenvalue weighted by atomic mass is 10.1. The van der Waals surface area contributed by atoms with Gasteiger partial charge in [-0.15, -0.1) is 0 Å². The van der Waals surface area contributed by atoms with Crippen LogP contribution in [0.25, 0.3) is 0 Å². The molecule has 1 aliphatic rings. The highest BCUT2D eigenvalue weighted by Crippen LogP contribution is 2.35. The summed E-state index contributed by atoms with van der Waals surface area (Å²) in [6, 6.07) is 0. The Morgan fingerprint density at radius 2 is 1.50 bits per heavy atom. The third kappa shape index (κ3) is 1.27. The Balaban J connectivity index is 2.44. The Morgan fingerprint density at radius 3 is 1.62 bits per heavy atom. The van der Waals surface area contributed by atoms with Crippen molar-refractivity contribution in [3.05, 3.63) is 0 Å². The smallest absolute Gasteiger partial charge is 0.0182 e. The minimum Gasteiger partial charge on any atom is -0.0887 e. The second-order valence-corrected chi connectivity index (χ2v) is 4.82. The van der Waals surface area contributed by atoms with E-state index in [9.17, 15) is 0 Å². The predicted octanol–water partition coefficient (Wildman–Crippen LogP) is 2.94. The molecule has 1 rings (SSSR count). The Kier molecular flexibility index (Phi) is 2.38. The van der Waals surface area contributed by atoms with Crippen LogP contribution in [0, 0.1) is 5.92 Å². The molecule has 2 heteroatoms. The van der Waals surface area contributed by atoms with Crippen LogP contribution in [0.1, 0.15) is 19.8 Å². The van der Waals surface area contributed by atoms with Crippen molar-refractivity contribution in [1.82, 2.24) is 0 Å². The molecule has 1 saturated carbocycles. The molecule has 0 N–H and O–H groups in total. The summed E-state index contributed by atoms with van der Waals surface area (Å²) in [5.41, 5.74) is 0. The molecular weight excluding hydrogens is 232 g/mol. The van der Waals surface area contributed by atoms with Crippen molar-refractivity contribution in [2.75, 3.05) is 0 Å². The van der Waals surface area contributed by atoms with Crippen LogP contribution in [0.4, 0.5) is 0 Å². The molecule has 8 heavy (non-hydrogen) atoms. The van der Waals surface area contributed by atoms with Crippen LogP contribution < -0.4 is 0 Å². The molecule has 1 fully saturated rings. The van der Waals surface area contributed by atoms with Crippen LogP contribution in [-0.2, 0) is 0 Å². The van der Waals surface area contributed by atoms with E-state index in [0.29, 0.717) is 0 Å². The van der Waals surface area contributed by atoms with Gasteiger partial charge in [0.2, 0.25) is 0 Å². The van der Waals surface area contributed by atoms with Crippen molar-refractivity contribution in [2.24, 2.45) is 5.92 Å². The molecule has 0 nitrogen and oxygen atoms in total. The zero-order valence-corrected chi connectivity index (χ0v) is 8.07. The summed E-state index contributed by atoms with van der Waals surface area (Å²) in [5.74, 6) is 0.815. The average molecular weight is 242 g/mol. The lowest BCUT2D eigenvalue weighted by Crippen LogP contribution is -2.08. The van der Waals surface area contributed by atoms with Gasteiger partial charge in [0.15, 0.2) is 0 Å². The van der Waals surface area contributed by atoms with E-state index in [2.05, 4.69) is 38.8 Å². The van der Waals surface area contributed by atoms with Crippen molar-refractivity contribution < 1.29 is 0 Å². The molecule has 48 valence electrons. The lowest BCUT2D eigenvalue weighted by Gasteiger charge is -2.08. The van der Waals surface area contributed by atoms with Crippen LogP contribution in [-0.4, -0.2) is 9.65 Å². The van der Waals surface area contributed by atoms with E-state index in [0.717, 1.165) is 15.6 Å².